The first kappa shape index (κ1) is 14.4. The van der Waals surface area contributed by atoms with Crippen molar-refractivity contribution >= 4 is 27.5 Å². The molecule has 1 aromatic heterocycles. The molecule has 1 unspecified atom stereocenters. The average molecular weight is 345 g/mol. The van der Waals surface area contributed by atoms with E-state index in [1.165, 1.54) is 0 Å². The van der Waals surface area contributed by atoms with Crippen molar-refractivity contribution in [1.29, 1.82) is 0 Å². The smallest absolute Gasteiger partial charge is 0.161 e. The molecule has 2 rings (SSSR count). The first-order valence-electron chi connectivity index (χ1n) is 5.88. The Morgan fingerprint density at radius 2 is 2.26 bits per heavy atom. The van der Waals surface area contributed by atoms with Gasteiger partial charge in [0.05, 0.1) is 24.4 Å². The number of methoxy groups -OCH3 is 1. The quantitative estimate of drug-likeness (QED) is 0.925. The maximum atomic E-state index is 6.33. The number of nitrogens with two attached hydrogens (primary N) is 1. The summed E-state index contributed by atoms with van der Waals surface area (Å²) in [4.78, 5) is 0. The fourth-order valence-corrected chi connectivity index (χ4v) is 2.48. The Morgan fingerprint density at radius 3 is 2.84 bits per heavy atom. The van der Waals surface area contributed by atoms with Crippen LogP contribution in [0.3, 0.4) is 0 Å². The van der Waals surface area contributed by atoms with Crippen LogP contribution in [0.1, 0.15) is 24.2 Å². The van der Waals surface area contributed by atoms with Gasteiger partial charge in [0, 0.05) is 11.0 Å². The Kier molecular flexibility index (Phi) is 4.50. The van der Waals surface area contributed by atoms with Gasteiger partial charge in [-0.25, -0.2) is 0 Å². The summed E-state index contributed by atoms with van der Waals surface area (Å²) in [5, 5.41) is 4.93. The van der Waals surface area contributed by atoms with E-state index in [0.29, 0.717) is 10.8 Å². The van der Waals surface area contributed by atoms with Crippen molar-refractivity contribution in [3.8, 4) is 5.75 Å². The fourth-order valence-electron chi connectivity index (χ4n) is 1.96. The highest BCUT2D eigenvalue weighted by atomic mass is 79.9. The molecule has 0 saturated heterocycles. The summed E-state index contributed by atoms with van der Waals surface area (Å²) in [6.45, 7) is 2.75. The van der Waals surface area contributed by atoms with Crippen LogP contribution in [0.25, 0.3) is 0 Å². The Bertz CT molecular complexity index is 564. The second kappa shape index (κ2) is 5.94. The summed E-state index contributed by atoms with van der Waals surface area (Å²) < 4.78 is 7.99. The van der Waals surface area contributed by atoms with Gasteiger partial charge in [-0.2, -0.15) is 5.10 Å². The van der Waals surface area contributed by atoms with E-state index >= 15 is 0 Å². The van der Waals surface area contributed by atoms with E-state index in [9.17, 15) is 0 Å². The van der Waals surface area contributed by atoms with Crippen molar-refractivity contribution < 1.29 is 4.74 Å². The molecule has 0 spiro atoms. The second-order valence-electron chi connectivity index (χ2n) is 4.07. The minimum atomic E-state index is -0.314. The van der Waals surface area contributed by atoms with Gasteiger partial charge in [0.1, 0.15) is 5.69 Å². The zero-order valence-corrected chi connectivity index (χ0v) is 13.1. The summed E-state index contributed by atoms with van der Waals surface area (Å²) in [6, 6.07) is 5.33. The van der Waals surface area contributed by atoms with Gasteiger partial charge < -0.3 is 10.5 Å². The summed E-state index contributed by atoms with van der Waals surface area (Å²) in [5.74, 6) is 0.695. The van der Waals surface area contributed by atoms with Crippen LogP contribution in [-0.2, 0) is 6.54 Å². The van der Waals surface area contributed by atoms with Crippen molar-refractivity contribution in [2.75, 3.05) is 7.11 Å². The molecule has 1 atom stereocenters. The van der Waals surface area contributed by atoms with Gasteiger partial charge in [-0.1, -0.05) is 17.7 Å². The molecule has 1 aromatic carbocycles. The van der Waals surface area contributed by atoms with Crippen molar-refractivity contribution in [2.24, 2.45) is 5.73 Å². The number of nitrogens with zero attached hydrogens (tertiary/aromatic N) is 2. The van der Waals surface area contributed by atoms with Crippen molar-refractivity contribution in [2.45, 2.75) is 19.5 Å². The van der Waals surface area contributed by atoms with Crippen LogP contribution >= 0.6 is 27.5 Å². The van der Waals surface area contributed by atoms with Gasteiger partial charge in [-0.05, 0) is 40.5 Å². The van der Waals surface area contributed by atoms with E-state index in [2.05, 4.69) is 21.0 Å². The molecule has 102 valence electrons. The van der Waals surface area contributed by atoms with Gasteiger partial charge in [-0.3, -0.25) is 4.68 Å². The third-order valence-corrected chi connectivity index (χ3v) is 4.18. The van der Waals surface area contributed by atoms with E-state index in [4.69, 9.17) is 22.1 Å². The molecule has 2 N–H and O–H groups in total. The highest BCUT2D eigenvalue weighted by molar-refractivity contribution is 9.10. The number of aryl methyl sites for hydroxylation is 1. The second-order valence-corrected chi connectivity index (χ2v) is 5.33. The van der Waals surface area contributed by atoms with Crippen LogP contribution in [0, 0.1) is 0 Å². The standard InChI is InChI=1S/C13H15BrClN3O/c1-3-18-13(11(19-2)7-17-18)12(16)8-4-5-10(15)9(14)6-8/h4-7,12H,3,16H2,1-2H3. The molecule has 0 saturated carbocycles. The summed E-state index contributed by atoms with van der Waals surface area (Å²) >= 11 is 9.41. The lowest BCUT2D eigenvalue weighted by molar-refractivity contribution is 0.404. The lowest BCUT2D eigenvalue weighted by Gasteiger charge is -2.16. The molecule has 2 aromatic rings. The van der Waals surface area contributed by atoms with Gasteiger partial charge >= 0.3 is 0 Å². The van der Waals surface area contributed by atoms with Gasteiger partial charge in [0.25, 0.3) is 0 Å². The minimum absolute atomic E-state index is 0.314. The molecule has 4 nitrogen and oxygen atoms in total. The molecule has 0 fully saturated rings. The topological polar surface area (TPSA) is 53.1 Å². The Labute approximate surface area is 125 Å². The lowest BCUT2D eigenvalue weighted by Crippen LogP contribution is -2.18. The maximum absolute atomic E-state index is 6.33. The van der Waals surface area contributed by atoms with Crippen molar-refractivity contribution in [3.05, 3.63) is 45.1 Å². The largest absolute Gasteiger partial charge is 0.493 e. The number of benzene rings is 1. The average Bonchev–Trinajstić information content (AvgIpc) is 2.83. The van der Waals surface area contributed by atoms with Gasteiger partial charge in [0.2, 0.25) is 0 Å². The molecular formula is C13H15BrClN3O. The molecule has 6 heteroatoms. The third-order valence-electron chi connectivity index (χ3n) is 2.96. The summed E-state index contributed by atoms with van der Waals surface area (Å²) in [5.41, 5.74) is 8.14. The van der Waals surface area contributed by atoms with Crippen LogP contribution in [0.5, 0.6) is 5.75 Å². The Hall–Kier alpha value is -1.04. The van der Waals surface area contributed by atoms with Crippen molar-refractivity contribution in [3.63, 3.8) is 0 Å². The molecule has 0 bridgehead atoms. The number of ether oxygens (including phenoxy) is 1. The summed E-state index contributed by atoms with van der Waals surface area (Å²) in [6.07, 6.45) is 1.68. The summed E-state index contributed by atoms with van der Waals surface area (Å²) in [7, 11) is 1.62. The number of hydrogen-bond donors (Lipinski definition) is 1. The molecule has 0 radical (unpaired) electrons. The number of aromatic nitrogens is 2. The van der Waals surface area contributed by atoms with E-state index in [1.54, 1.807) is 13.3 Å². The maximum Gasteiger partial charge on any atom is 0.161 e. The Balaban J connectivity index is 2.45. The van der Waals surface area contributed by atoms with Crippen LogP contribution < -0.4 is 10.5 Å². The highest BCUT2D eigenvalue weighted by Crippen LogP contribution is 2.31. The van der Waals surface area contributed by atoms with Gasteiger partial charge in [0.15, 0.2) is 5.75 Å². The predicted octanol–water partition coefficient (Wildman–Crippen LogP) is 3.38. The molecule has 0 amide bonds. The number of halogens is 2. The number of hydrogen-bond acceptors (Lipinski definition) is 3. The van der Waals surface area contributed by atoms with Crippen LogP contribution in [-0.4, -0.2) is 16.9 Å². The third kappa shape index (κ3) is 2.78. The molecule has 1 heterocycles. The molecule has 0 aliphatic heterocycles. The molecule has 0 aliphatic carbocycles. The predicted molar refractivity (Wildman–Crippen MR) is 79.6 cm³/mol. The van der Waals surface area contributed by atoms with Crippen LogP contribution in [0.2, 0.25) is 5.02 Å². The number of rotatable bonds is 4. The van der Waals surface area contributed by atoms with Crippen molar-refractivity contribution in [1.82, 2.24) is 9.78 Å². The van der Waals surface area contributed by atoms with Crippen LogP contribution in [0.4, 0.5) is 0 Å². The fraction of sp³-hybridized carbons (Fsp3) is 0.308. The highest BCUT2D eigenvalue weighted by Gasteiger charge is 2.20. The normalized spacial score (nSPS) is 12.5. The van der Waals surface area contributed by atoms with E-state index in [0.717, 1.165) is 22.3 Å². The first-order chi connectivity index (χ1) is 9.08. The minimum Gasteiger partial charge on any atom is -0.493 e. The SMILES string of the molecule is CCn1ncc(OC)c1C(N)c1ccc(Cl)c(Br)c1. The zero-order valence-electron chi connectivity index (χ0n) is 10.7. The monoisotopic (exact) mass is 343 g/mol. The first-order valence-corrected chi connectivity index (χ1v) is 7.05. The zero-order chi connectivity index (χ0) is 14.0. The van der Waals surface area contributed by atoms with Gasteiger partial charge in [-0.15, -0.1) is 0 Å². The van der Waals surface area contributed by atoms with Crippen LogP contribution in [0.15, 0.2) is 28.9 Å². The molecular weight excluding hydrogens is 330 g/mol. The molecule has 0 aliphatic rings. The van der Waals surface area contributed by atoms with E-state index < -0.39 is 0 Å². The molecule has 19 heavy (non-hydrogen) atoms. The Morgan fingerprint density at radius 1 is 1.53 bits per heavy atom. The van der Waals surface area contributed by atoms with E-state index in [1.807, 2.05) is 29.8 Å². The lowest BCUT2D eigenvalue weighted by atomic mass is 10.0. The van der Waals surface area contributed by atoms with E-state index in [-0.39, 0.29) is 6.04 Å².